The number of halogens is 2. The summed E-state index contributed by atoms with van der Waals surface area (Å²) < 4.78 is 16.4. The second kappa shape index (κ2) is 5.94. The average molecular weight is 322 g/mol. The van der Waals surface area contributed by atoms with E-state index in [-0.39, 0.29) is 6.10 Å². The van der Waals surface area contributed by atoms with Crippen molar-refractivity contribution in [2.24, 2.45) is 0 Å². The van der Waals surface area contributed by atoms with E-state index in [1.165, 1.54) is 0 Å². The number of alkyl halides is 1. The Morgan fingerprint density at radius 2 is 2.35 bits per heavy atom. The van der Waals surface area contributed by atoms with Crippen LogP contribution in [0.4, 0.5) is 0 Å². The van der Waals surface area contributed by atoms with Crippen LogP contribution in [0.3, 0.4) is 0 Å². The summed E-state index contributed by atoms with van der Waals surface area (Å²) in [7, 11) is 1.61. The summed E-state index contributed by atoms with van der Waals surface area (Å²) in [6.07, 6.45) is 0.955. The van der Waals surface area contributed by atoms with E-state index in [9.17, 15) is 0 Å². The van der Waals surface area contributed by atoms with Crippen LogP contribution < -0.4 is 9.47 Å². The highest BCUT2D eigenvalue weighted by molar-refractivity contribution is 9.08. The zero-order valence-corrected chi connectivity index (χ0v) is 11.9. The van der Waals surface area contributed by atoms with Crippen molar-refractivity contribution in [1.29, 1.82) is 0 Å². The third kappa shape index (κ3) is 3.06. The second-order valence-electron chi connectivity index (χ2n) is 3.85. The van der Waals surface area contributed by atoms with E-state index in [2.05, 4.69) is 15.9 Å². The molecule has 1 fully saturated rings. The lowest BCUT2D eigenvalue weighted by Gasteiger charge is -2.17. The summed E-state index contributed by atoms with van der Waals surface area (Å²) in [6.45, 7) is 1.35. The first-order chi connectivity index (χ1) is 8.24. The fourth-order valence-electron chi connectivity index (χ4n) is 1.74. The Kier molecular flexibility index (Phi) is 4.54. The molecular formula is C12H14BrClO3. The lowest BCUT2D eigenvalue weighted by molar-refractivity contribution is 0.139. The molecule has 94 valence electrons. The van der Waals surface area contributed by atoms with Crippen LogP contribution in [0.25, 0.3) is 0 Å². The summed E-state index contributed by atoms with van der Waals surface area (Å²) in [5, 5.41) is 1.31. The Balaban J connectivity index is 2.24. The first-order valence-corrected chi connectivity index (χ1v) is 6.91. The van der Waals surface area contributed by atoms with Gasteiger partial charge in [-0.3, -0.25) is 0 Å². The monoisotopic (exact) mass is 320 g/mol. The van der Waals surface area contributed by atoms with Crippen LogP contribution >= 0.6 is 27.5 Å². The molecule has 1 unspecified atom stereocenters. The molecule has 0 radical (unpaired) electrons. The molecular weight excluding hydrogens is 307 g/mol. The molecule has 3 nitrogen and oxygen atoms in total. The van der Waals surface area contributed by atoms with Crippen molar-refractivity contribution < 1.29 is 14.2 Å². The van der Waals surface area contributed by atoms with Gasteiger partial charge < -0.3 is 14.2 Å². The molecule has 1 aromatic rings. The predicted octanol–water partition coefficient (Wildman–Crippen LogP) is 3.41. The minimum atomic E-state index is 0.0659. The number of rotatable bonds is 4. The van der Waals surface area contributed by atoms with Gasteiger partial charge in [-0.25, -0.2) is 0 Å². The molecule has 1 heterocycles. The topological polar surface area (TPSA) is 27.7 Å². The minimum absolute atomic E-state index is 0.0659. The summed E-state index contributed by atoms with van der Waals surface area (Å²) in [6, 6.07) is 3.80. The Hall–Kier alpha value is -0.450. The van der Waals surface area contributed by atoms with E-state index in [4.69, 9.17) is 25.8 Å². The van der Waals surface area contributed by atoms with Gasteiger partial charge in [0.25, 0.3) is 0 Å². The van der Waals surface area contributed by atoms with Crippen LogP contribution in [0.2, 0.25) is 5.02 Å². The van der Waals surface area contributed by atoms with Crippen LogP contribution in [0.1, 0.15) is 12.0 Å². The summed E-state index contributed by atoms with van der Waals surface area (Å²) >= 11 is 9.60. The summed E-state index contributed by atoms with van der Waals surface area (Å²) in [5.41, 5.74) is 1.06. The van der Waals surface area contributed by atoms with Gasteiger partial charge in [0.05, 0.1) is 25.3 Å². The van der Waals surface area contributed by atoms with Crippen molar-refractivity contribution in [3.63, 3.8) is 0 Å². The lowest BCUT2D eigenvalue weighted by Crippen LogP contribution is -2.16. The lowest BCUT2D eigenvalue weighted by atomic mass is 10.2. The number of ether oxygens (including phenoxy) is 3. The highest BCUT2D eigenvalue weighted by atomic mass is 79.9. The van der Waals surface area contributed by atoms with Gasteiger partial charge in [-0.05, 0) is 17.7 Å². The van der Waals surface area contributed by atoms with Crippen LogP contribution in [-0.2, 0) is 10.1 Å². The second-order valence-corrected chi connectivity index (χ2v) is 4.81. The fourth-order valence-corrected chi connectivity index (χ4v) is 2.34. The molecule has 1 saturated heterocycles. The van der Waals surface area contributed by atoms with Gasteiger partial charge in [-0.15, -0.1) is 0 Å². The van der Waals surface area contributed by atoms with Gasteiger partial charge in [0.2, 0.25) is 0 Å². The van der Waals surface area contributed by atoms with Crippen LogP contribution in [0, 0.1) is 0 Å². The number of hydrogen-bond donors (Lipinski definition) is 0. The Morgan fingerprint density at radius 3 is 2.94 bits per heavy atom. The molecule has 17 heavy (non-hydrogen) atoms. The van der Waals surface area contributed by atoms with Gasteiger partial charge >= 0.3 is 0 Å². The molecule has 5 heteroatoms. The van der Waals surface area contributed by atoms with Gasteiger partial charge in [0, 0.05) is 11.8 Å². The van der Waals surface area contributed by atoms with Crippen molar-refractivity contribution in [1.82, 2.24) is 0 Å². The molecule has 1 aliphatic rings. The Bertz CT molecular complexity index is 392. The van der Waals surface area contributed by atoms with Crippen LogP contribution in [0.15, 0.2) is 12.1 Å². The number of benzene rings is 1. The van der Waals surface area contributed by atoms with E-state index in [1.807, 2.05) is 12.1 Å². The van der Waals surface area contributed by atoms with E-state index < -0.39 is 0 Å². The van der Waals surface area contributed by atoms with Gasteiger partial charge in [0.1, 0.15) is 6.10 Å². The SMILES string of the molecule is COc1cc(CBr)cc(Cl)c1OC1CCOC1. The first-order valence-electron chi connectivity index (χ1n) is 5.41. The minimum Gasteiger partial charge on any atom is -0.493 e. The third-order valence-electron chi connectivity index (χ3n) is 2.62. The molecule has 0 saturated carbocycles. The molecule has 0 aliphatic carbocycles. The molecule has 1 aromatic carbocycles. The predicted molar refractivity (Wildman–Crippen MR) is 70.5 cm³/mol. The quantitative estimate of drug-likeness (QED) is 0.795. The van der Waals surface area contributed by atoms with Crippen LogP contribution in [-0.4, -0.2) is 26.4 Å². The Morgan fingerprint density at radius 1 is 1.53 bits per heavy atom. The molecule has 0 N–H and O–H groups in total. The van der Waals surface area contributed by atoms with Crippen molar-refractivity contribution >= 4 is 27.5 Å². The standard InChI is InChI=1S/C12H14BrClO3/c1-15-11-5-8(6-13)4-10(14)12(11)17-9-2-3-16-7-9/h4-5,9H,2-3,6-7H2,1H3. The van der Waals surface area contributed by atoms with Crippen LogP contribution in [0.5, 0.6) is 11.5 Å². The largest absolute Gasteiger partial charge is 0.493 e. The van der Waals surface area contributed by atoms with E-state index in [0.717, 1.165) is 23.9 Å². The van der Waals surface area contributed by atoms with E-state index in [1.54, 1.807) is 7.11 Å². The maximum Gasteiger partial charge on any atom is 0.180 e. The maximum absolute atomic E-state index is 6.20. The molecule has 0 aromatic heterocycles. The molecule has 2 rings (SSSR count). The zero-order chi connectivity index (χ0) is 12.3. The molecule has 0 bridgehead atoms. The molecule has 0 spiro atoms. The van der Waals surface area contributed by atoms with Crippen molar-refractivity contribution in [2.45, 2.75) is 17.9 Å². The Labute approximate surface area is 114 Å². The molecule has 1 atom stereocenters. The third-order valence-corrected chi connectivity index (χ3v) is 3.54. The number of hydrogen-bond acceptors (Lipinski definition) is 3. The molecule has 1 aliphatic heterocycles. The number of methoxy groups -OCH3 is 1. The van der Waals surface area contributed by atoms with Crippen molar-refractivity contribution in [3.05, 3.63) is 22.7 Å². The highest BCUT2D eigenvalue weighted by Crippen LogP contribution is 2.38. The fraction of sp³-hybridized carbons (Fsp3) is 0.500. The van der Waals surface area contributed by atoms with Gasteiger partial charge in [-0.2, -0.15) is 0 Å². The average Bonchev–Trinajstić information content (AvgIpc) is 2.84. The highest BCUT2D eigenvalue weighted by Gasteiger charge is 2.21. The summed E-state index contributed by atoms with van der Waals surface area (Å²) in [4.78, 5) is 0. The van der Waals surface area contributed by atoms with E-state index >= 15 is 0 Å². The molecule has 0 amide bonds. The van der Waals surface area contributed by atoms with Gasteiger partial charge in [0.15, 0.2) is 11.5 Å². The summed E-state index contributed by atoms with van der Waals surface area (Å²) in [5.74, 6) is 1.27. The van der Waals surface area contributed by atoms with Crippen molar-refractivity contribution in [3.8, 4) is 11.5 Å². The first kappa shape index (κ1) is 13.0. The normalized spacial score (nSPS) is 19.4. The van der Waals surface area contributed by atoms with E-state index in [0.29, 0.717) is 23.1 Å². The van der Waals surface area contributed by atoms with Gasteiger partial charge in [-0.1, -0.05) is 27.5 Å². The zero-order valence-electron chi connectivity index (χ0n) is 9.54. The van der Waals surface area contributed by atoms with Crippen molar-refractivity contribution in [2.75, 3.05) is 20.3 Å². The smallest absolute Gasteiger partial charge is 0.180 e. The maximum atomic E-state index is 6.20.